The predicted molar refractivity (Wildman–Crippen MR) is 106 cm³/mol. The molecule has 27 heavy (non-hydrogen) atoms. The topological polar surface area (TPSA) is 62.4 Å². The van der Waals surface area contributed by atoms with E-state index in [1.807, 2.05) is 48.7 Å². The van der Waals surface area contributed by atoms with Crippen LogP contribution in [0.4, 0.5) is 10.5 Å². The van der Waals surface area contributed by atoms with Crippen molar-refractivity contribution in [3.63, 3.8) is 0 Å². The first-order valence-corrected chi connectivity index (χ1v) is 8.80. The van der Waals surface area contributed by atoms with Gasteiger partial charge in [0, 0.05) is 28.2 Å². The van der Waals surface area contributed by atoms with E-state index in [2.05, 4.69) is 4.98 Å². The van der Waals surface area contributed by atoms with Gasteiger partial charge in [-0.05, 0) is 39.0 Å². The molecule has 5 heteroatoms. The molecule has 1 aliphatic heterocycles. The van der Waals surface area contributed by atoms with Gasteiger partial charge in [0.1, 0.15) is 5.60 Å². The summed E-state index contributed by atoms with van der Waals surface area (Å²) in [6.07, 6.45) is 3.02. The lowest BCUT2D eigenvalue weighted by molar-refractivity contribution is -0.112. The largest absolute Gasteiger partial charge is 0.443 e. The molecule has 3 aromatic rings. The number of rotatable bonds is 1. The number of aromatic nitrogens is 1. The summed E-state index contributed by atoms with van der Waals surface area (Å²) >= 11 is 0. The van der Waals surface area contributed by atoms with Crippen molar-refractivity contribution < 1.29 is 14.3 Å². The molecule has 0 atom stereocenters. The fraction of sp³-hybridized carbons (Fsp3) is 0.182. The molecule has 2 heterocycles. The van der Waals surface area contributed by atoms with Crippen molar-refractivity contribution in [1.82, 2.24) is 4.98 Å². The van der Waals surface area contributed by atoms with Gasteiger partial charge in [-0.1, -0.05) is 36.4 Å². The van der Waals surface area contributed by atoms with E-state index in [1.54, 1.807) is 32.9 Å². The van der Waals surface area contributed by atoms with Crippen LogP contribution in [-0.4, -0.2) is 22.6 Å². The number of nitrogens with zero attached hydrogens (tertiary/aromatic N) is 1. The second-order valence-corrected chi connectivity index (χ2v) is 7.49. The lowest BCUT2D eigenvalue weighted by Crippen LogP contribution is -2.38. The van der Waals surface area contributed by atoms with E-state index in [0.717, 1.165) is 26.9 Å². The van der Waals surface area contributed by atoms with Crippen LogP contribution >= 0.6 is 0 Å². The standard InChI is InChI=1S/C22H20N2O3/c1-22(2,3)27-21(26)24-19-11-7-5-9-16(19)17(20(24)25)12-14-13-23-18-10-6-4-8-15(14)18/h4-13,23H,1-3H3/b17-12-. The van der Waals surface area contributed by atoms with Crippen LogP contribution in [0.2, 0.25) is 0 Å². The highest BCUT2D eigenvalue weighted by Crippen LogP contribution is 2.39. The lowest BCUT2D eigenvalue weighted by atomic mass is 10.0. The Hall–Kier alpha value is -3.34. The van der Waals surface area contributed by atoms with Crippen LogP contribution in [0.5, 0.6) is 0 Å². The van der Waals surface area contributed by atoms with E-state index in [4.69, 9.17) is 4.74 Å². The van der Waals surface area contributed by atoms with E-state index in [-0.39, 0.29) is 5.91 Å². The molecule has 0 spiro atoms. The minimum Gasteiger partial charge on any atom is -0.443 e. The Bertz CT molecular complexity index is 1090. The second kappa shape index (κ2) is 6.13. The molecule has 0 aliphatic carbocycles. The first kappa shape index (κ1) is 17.1. The fourth-order valence-corrected chi connectivity index (χ4v) is 3.24. The van der Waals surface area contributed by atoms with Gasteiger partial charge >= 0.3 is 6.09 Å². The Labute approximate surface area is 157 Å². The number of fused-ring (bicyclic) bond motifs is 2. The predicted octanol–water partition coefficient (Wildman–Crippen LogP) is 4.99. The van der Waals surface area contributed by atoms with Crippen molar-refractivity contribution in [1.29, 1.82) is 0 Å². The average molecular weight is 360 g/mol. The molecule has 4 rings (SSSR count). The highest BCUT2D eigenvalue weighted by Gasteiger charge is 2.38. The van der Waals surface area contributed by atoms with Crippen molar-refractivity contribution >= 4 is 40.2 Å². The van der Waals surface area contributed by atoms with Crippen LogP contribution in [0.25, 0.3) is 22.6 Å². The number of nitrogens with one attached hydrogen (secondary N) is 1. The zero-order valence-corrected chi connectivity index (χ0v) is 15.4. The Morgan fingerprint density at radius 3 is 2.56 bits per heavy atom. The third-order valence-electron chi connectivity index (χ3n) is 4.37. The molecule has 0 radical (unpaired) electrons. The molecule has 1 aromatic heterocycles. The number of hydrogen-bond acceptors (Lipinski definition) is 3. The summed E-state index contributed by atoms with van der Waals surface area (Å²) in [5.41, 5.74) is 2.94. The number of carbonyl (C=O) groups excluding carboxylic acids is 2. The molecule has 0 saturated carbocycles. The van der Waals surface area contributed by atoms with Gasteiger partial charge in [-0.2, -0.15) is 0 Å². The fourth-order valence-electron chi connectivity index (χ4n) is 3.24. The summed E-state index contributed by atoms with van der Waals surface area (Å²) in [5.74, 6) is -0.379. The highest BCUT2D eigenvalue weighted by molar-refractivity contribution is 6.41. The number of benzene rings is 2. The summed E-state index contributed by atoms with van der Waals surface area (Å²) in [5, 5.41) is 1.02. The molecule has 136 valence electrons. The molecule has 0 fully saturated rings. The van der Waals surface area contributed by atoms with Gasteiger partial charge in [0.2, 0.25) is 0 Å². The number of para-hydroxylation sites is 2. The molecular formula is C22H20N2O3. The first-order valence-electron chi connectivity index (χ1n) is 8.80. The molecule has 1 N–H and O–H groups in total. The quantitative estimate of drug-likeness (QED) is 0.622. The van der Waals surface area contributed by atoms with Gasteiger partial charge in [0.05, 0.1) is 11.3 Å². The summed E-state index contributed by atoms with van der Waals surface area (Å²) in [6.45, 7) is 5.33. The maximum atomic E-state index is 13.1. The summed E-state index contributed by atoms with van der Waals surface area (Å²) < 4.78 is 5.44. The molecule has 2 aromatic carbocycles. The molecule has 0 saturated heterocycles. The third kappa shape index (κ3) is 3.01. The number of aromatic amines is 1. The van der Waals surface area contributed by atoms with Gasteiger partial charge in [-0.15, -0.1) is 0 Å². The maximum Gasteiger partial charge on any atom is 0.422 e. The van der Waals surface area contributed by atoms with Crippen molar-refractivity contribution in [2.75, 3.05) is 4.90 Å². The average Bonchev–Trinajstić information content (AvgIpc) is 3.13. The van der Waals surface area contributed by atoms with Gasteiger partial charge in [-0.25, -0.2) is 9.69 Å². The smallest absolute Gasteiger partial charge is 0.422 e. The van der Waals surface area contributed by atoms with Crippen LogP contribution < -0.4 is 4.90 Å². The number of imide groups is 1. The van der Waals surface area contributed by atoms with Gasteiger partial charge < -0.3 is 9.72 Å². The maximum absolute atomic E-state index is 13.1. The number of anilines is 1. The molecular weight excluding hydrogens is 340 g/mol. The number of H-pyrrole nitrogens is 1. The van der Waals surface area contributed by atoms with Crippen molar-refractivity contribution in [3.8, 4) is 0 Å². The van der Waals surface area contributed by atoms with Crippen LogP contribution in [-0.2, 0) is 9.53 Å². The zero-order valence-electron chi connectivity index (χ0n) is 15.4. The van der Waals surface area contributed by atoms with Crippen LogP contribution in [0.15, 0.2) is 54.7 Å². The summed E-state index contributed by atoms with van der Waals surface area (Å²) in [4.78, 5) is 30.1. The Morgan fingerprint density at radius 2 is 1.78 bits per heavy atom. The molecule has 5 nitrogen and oxygen atoms in total. The number of ether oxygens (including phenoxy) is 1. The summed E-state index contributed by atoms with van der Waals surface area (Å²) in [6, 6.07) is 15.1. The summed E-state index contributed by atoms with van der Waals surface area (Å²) in [7, 11) is 0. The van der Waals surface area contributed by atoms with E-state index in [0.29, 0.717) is 11.3 Å². The SMILES string of the molecule is CC(C)(C)OC(=O)N1C(=O)/C(=C\c2c[nH]c3ccccc23)c2ccccc21. The van der Waals surface area contributed by atoms with Crippen molar-refractivity contribution in [3.05, 3.63) is 65.9 Å². The molecule has 0 unspecified atom stereocenters. The zero-order chi connectivity index (χ0) is 19.2. The van der Waals surface area contributed by atoms with Crippen molar-refractivity contribution in [2.24, 2.45) is 0 Å². The monoisotopic (exact) mass is 360 g/mol. The lowest BCUT2D eigenvalue weighted by Gasteiger charge is -2.23. The Balaban J connectivity index is 1.81. The van der Waals surface area contributed by atoms with Crippen LogP contribution in [0.3, 0.4) is 0 Å². The third-order valence-corrected chi connectivity index (χ3v) is 4.37. The molecule has 0 bridgehead atoms. The van der Waals surface area contributed by atoms with Gasteiger partial charge in [-0.3, -0.25) is 4.79 Å². The second-order valence-electron chi connectivity index (χ2n) is 7.49. The number of hydrogen-bond donors (Lipinski definition) is 1. The first-order chi connectivity index (χ1) is 12.8. The van der Waals surface area contributed by atoms with E-state index in [9.17, 15) is 9.59 Å². The van der Waals surface area contributed by atoms with Gasteiger partial charge in [0.15, 0.2) is 0 Å². The van der Waals surface area contributed by atoms with E-state index < -0.39 is 11.7 Å². The van der Waals surface area contributed by atoms with Crippen molar-refractivity contribution in [2.45, 2.75) is 26.4 Å². The van der Waals surface area contributed by atoms with E-state index >= 15 is 0 Å². The highest BCUT2D eigenvalue weighted by atomic mass is 16.6. The number of carbonyl (C=O) groups is 2. The molecule has 2 amide bonds. The number of amides is 2. The Morgan fingerprint density at radius 1 is 1.07 bits per heavy atom. The molecule has 1 aliphatic rings. The van der Waals surface area contributed by atoms with Crippen LogP contribution in [0, 0.1) is 0 Å². The normalized spacial score (nSPS) is 15.4. The van der Waals surface area contributed by atoms with E-state index in [1.165, 1.54) is 0 Å². The minimum absolute atomic E-state index is 0.379. The van der Waals surface area contributed by atoms with Crippen LogP contribution in [0.1, 0.15) is 31.9 Å². The minimum atomic E-state index is -0.685. The van der Waals surface area contributed by atoms with Gasteiger partial charge in [0.25, 0.3) is 5.91 Å². The Kier molecular flexibility index (Phi) is 3.88.